The van der Waals surface area contributed by atoms with Crippen molar-refractivity contribution in [3.8, 4) is 11.5 Å². The molecule has 1 saturated carbocycles. The van der Waals surface area contributed by atoms with Gasteiger partial charge in [0.2, 0.25) is 0 Å². The predicted molar refractivity (Wildman–Crippen MR) is 107 cm³/mol. The molecule has 0 spiro atoms. The molecule has 0 amide bonds. The van der Waals surface area contributed by atoms with Gasteiger partial charge in [0.25, 0.3) is 0 Å². The van der Waals surface area contributed by atoms with Crippen LogP contribution < -0.4 is 14.8 Å². The number of nitrogens with zero attached hydrogens (tertiary/aromatic N) is 1. The maximum absolute atomic E-state index is 12.6. The monoisotopic (exact) mass is 370 g/mol. The van der Waals surface area contributed by atoms with E-state index in [2.05, 4.69) is 23.7 Å². The van der Waals surface area contributed by atoms with Gasteiger partial charge in [-0.25, -0.2) is 0 Å². The number of rotatable bonds is 9. The second-order valence-corrected chi connectivity index (χ2v) is 7.22. The summed E-state index contributed by atoms with van der Waals surface area (Å²) in [6.45, 7) is 5.66. The van der Waals surface area contributed by atoms with Gasteiger partial charge in [0.15, 0.2) is 5.78 Å². The van der Waals surface area contributed by atoms with Gasteiger partial charge in [-0.1, -0.05) is 12.8 Å². The molecular formula is C22H30N2O3. The highest BCUT2D eigenvalue weighted by atomic mass is 16.5. The van der Waals surface area contributed by atoms with Gasteiger partial charge < -0.3 is 19.4 Å². The van der Waals surface area contributed by atoms with E-state index in [9.17, 15) is 4.79 Å². The first kappa shape index (κ1) is 19.5. The van der Waals surface area contributed by atoms with Crippen LogP contribution in [0.25, 0.3) is 0 Å². The minimum Gasteiger partial charge on any atom is -0.497 e. The van der Waals surface area contributed by atoms with E-state index in [1.54, 1.807) is 7.11 Å². The van der Waals surface area contributed by atoms with Gasteiger partial charge in [0, 0.05) is 29.5 Å². The summed E-state index contributed by atoms with van der Waals surface area (Å²) < 4.78 is 13.2. The van der Waals surface area contributed by atoms with Crippen molar-refractivity contribution < 1.29 is 14.3 Å². The van der Waals surface area contributed by atoms with Gasteiger partial charge in [-0.05, 0) is 57.0 Å². The molecule has 5 nitrogen and oxygen atoms in total. The highest BCUT2D eigenvalue weighted by molar-refractivity contribution is 5.99. The number of ketones is 1. The van der Waals surface area contributed by atoms with Crippen molar-refractivity contribution in [2.45, 2.75) is 45.6 Å². The summed E-state index contributed by atoms with van der Waals surface area (Å²) in [5.41, 5.74) is 3.16. The second-order valence-electron chi connectivity index (χ2n) is 7.22. The molecule has 3 rings (SSSR count). The Morgan fingerprint density at radius 3 is 2.48 bits per heavy atom. The fourth-order valence-corrected chi connectivity index (χ4v) is 3.99. The molecule has 5 heteroatoms. The Labute approximate surface area is 161 Å². The maximum Gasteiger partial charge on any atom is 0.178 e. The van der Waals surface area contributed by atoms with Crippen LogP contribution in [0, 0.1) is 13.8 Å². The van der Waals surface area contributed by atoms with Gasteiger partial charge in [-0.15, -0.1) is 0 Å². The topological polar surface area (TPSA) is 52.5 Å². The quantitative estimate of drug-likeness (QED) is 0.534. The molecule has 27 heavy (non-hydrogen) atoms. The van der Waals surface area contributed by atoms with Crippen molar-refractivity contribution in [3.05, 3.63) is 47.3 Å². The Bertz CT molecular complexity index is 759. The molecule has 1 fully saturated rings. The molecule has 0 aliphatic heterocycles. The third-order valence-electron chi connectivity index (χ3n) is 5.37. The number of carbonyl (C=O) groups is 1. The van der Waals surface area contributed by atoms with E-state index in [1.165, 1.54) is 31.4 Å². The Morgan fingerprint density at radius 1 is 1.15 bits per heavy atom. The molecule has 1 aliphatic carbocycles. The van der Waals surface area contributed by atoms with Crippen LogP contribution in [-0.2, 0) is 0 Å². The fourth-order valence-electron chi connectivity index (χ4n) is 3.99. The standard InChI is InChI=1S/C22H30N2O3/c1-16-14-21(17(2)24(16)18-6-4-5-7-18)22(25)15-23-12-13-27-20-10-8-19(26-3)9-11-20/h8-11,14,18,23H,4-7,12-13,15H2,1-3H3. The fraction of sp³-hybridized carbons (Fsp3) is 0.500. The van der Waals surface area contributed by atoms with E-state index in [1.807, 2.05) is 30.3 Å². The van der Waals surface area contributed by atoms with E-state index in [0.717, 1.165) is 22.8 Å². The third kappa shape index (κ3) is 4.72. The minimum atomic E-state index is 0.150. The van der Waals surface area contributed by atoms with Crippen LogP contribution in [0.5, 0.6) is 11.5 Å². The lowest BCUT2D eigenvalue weighted by Gasteiger charge is -2.17. The zero-order valence-electron chi connectivity index (χ0n) is 16.6. The molecule has 0 saturated heterocycles. The van der Waals surface area contributed by atoms with E-state index in [4.69, 9.17) is 9.47 Å². The maximum atomic E-state index is 12.6. The molecule has 1 aromatic carbocycles. The minimum absolute atomic E-state index is 0.150. The smallest absolute Gasteiger partial charge is 0.178 e. The average molecular weight is 370 g/mol. The summed E-state index contributed by atoms with van der Waals surface area (Å²) in [5, 5.41) is 3.19. The molecule has 2 aromatic rings. The predicted octanol–water partition coefficient (Wildman–Crippen LogP) is 4.08. The summed E-state index contributed by atoms with van der Waals surface area (Å²) in [6.07, 6.45) is 5.04. The van der Waals surface area contributed by atoms with Crippen LogP contribution in [0.2, 0.25) is 0 Å². The molecule has 0 unspecified atom stereocenters. The Kier molecular flexibility index (Phi) is 6.56. The van der Waals surface area contributed by atoms with Gasteiger partial charge in [-0.3, -0.25) is 4.79 Å². The van der Waals surface area contributed by atoms with Crippen molar-refractivity contribution in [1.29, 1.82) is 0 Å². The van der Waals surface area contributed by atoms with Crippen molar-refractivity contribution in [1.82, 2.24) is 9.88 Å². The van der Waals surface area contributed by atoms with Crippen LogP contribution in [0.1, 0.15) is 53.5 Å². The molecule has 1 aromatic heterocycles. The molecule has 146 valence electrons. The number of ether oxygens (including phenoxy) is 2. The average Bonchev–Trinajstić information content (AvgIpc) is 3.29. The number of aromatic nitrogens is 1. The normalized spacial score (nSPS) is 14.5. The summed E-state index contributed by atoms with van der Waals surface area (Å²) in [6, 6.07) is 10.1. The van der Waals surface area contributed by atoms with Crippen molar-refractivity contribution >= 4 is 5.78 Å². The Balaban J connectivity index is 1.46. The first-order valence-electron chi connectivity index (χ1n) is 9.79. The number of methoxy groups -OCH3 is 1. The lowest BCUT2D eigenvalue weighted by Crippen LogP contribution is -2.27. The number of hydrogen-bond donors (Lipinski definition) is 1. The number of nitrogens with one attached hydrogen (secondary N) is 1. The van der Waals surface area contributed by atoms with Gasteiger partial charge in [0.05, 0.1) is 13.7 Å². The Hall–Kier alpha value is -2.27. The molecule has 1 heterocycles. The number of benzene rings is 1. The van der Waals surface area contributed by atoms with E-state index < -0.39 is 0 Å². The number of Topliss-reactive ketones (excluding diaryl/α,β-unsaturated/α-hetero) is 1. The summed E-state index contributed by atoms with van der Waals surface area (Å²) in [5.74, 6) is 1.75. The number of hydrogen-bond acceptors (Lipinski definition) is 4. The van der Waals surface area contributed by atoms with Crippen LogP contribution in [0.3, 0.4) is 0 Å². The van der Waals surface area contributed by atoms with E-state index >= 15 is 0 Å². The molecule has 1 N–H and O–H groups in total. The molecule has 0 bridgehead atoms. The number of carbonyl (C=O) groups excluding carboxylic acids is 1. The van der Waals surface area contributed by atoms with E-state index in [-0.39, 0.29) is 5.78 Å². The highest BCUT2D eigenvalue weighted by Crippen LogP contribution is 2.33. The lowest BCUT2D eigenvalue weighted by molar-refractivity contribution is 0.0989. The summed E-state index contributed by atoms with van der Waals surface area (Å²) >= 11 is 0. The van der Waals surface area contributed by atoms with Gasteiger partial charge in [-0.2, -0.15) is 0 Å². The van der Waals surface area contributed by atoms with Crippen molar-refractivity contribution in [3.63, 3.8) is 0 Å². The van der Waals surface area contributed by atoms with Crippen LogP contribution in [0.4, 0.5) is 0 Å². The van der Waals surface area contributed by atoms with Crippen molar-refractivity contribution in [2.24, 2.45) is 0 Å². The van der Waals surface area contributed by atoms with Gasteiger partial charge in [0.1, 0.15) is 18.1 Å². The zero-order chi connectivity index (χ0) is 19.2. The van der Waals surface area contributed by atoms with Crippen LogP contribution in [0.15, 0.2) is 30.3 Å². The summed E-state index contributed by atoms with van der Waals surface area (Å²) in [7, 11) is 1.64. The summed E-state index contributed by atoms with van der Waals surface area (Å²) in [4.78, 5) is 12.6. The molecule has 0 radical (unpaired) electrons. The largest absolute Gasteiger partial charge is 0.497 e. The van der Waals surface area contributed by atoms with Crippen molar-refractivity contribution in [2.75, 3.05) is 26.8 Å². The van der Waals surface area contributed by atoms with Crippen LogP contribution >= 0.6 is 0 Å². The molecule has 1 aliphatic rings. The zero-order valence-corrected chi connectivity index (χ0v) is 16.6. The third-order valence-corrected chi connectivity index (χ3v) is 5.37. The SMILES string of the molecule is COc1ccc(OCCNCC(=O)c2cc(C)n(C3CCCC3)c2C)cc1. The molecular weight excluding hydrogens is 340 g/mol. The number of aryl methyl sites for hydroxylation is 1. The molecule has 0 atom stereocenters. The van der Waals surface area contributed by atoms with Crippen LogP contribution in [-0.4, -0.2) is 37.2 Å². The highest BCUT2D eigenvalue weighted by Gasteiger charge is 2.23. The second kappa shape index (κ2) is 9.09. The first-order valence-corrected chi connectivity index (χ1v) is 9.79. The Morgan fingerprint density at radius 2 is 1.81 bits per heavy atom. The van der Waals surface area contributed by atoms with E-state index in [0.29, 0.717) is 25.7 Å². The van der Waals surface area contributed by atoms with Gasteiger partial charge >= 0.3 is 0 Å². The first-order chi connectivity index (χ1) is 13.1. The lowest BCUT2D eigenvalue weighted by atomic mass is 10.1.